The van der Waals surface area contributed by atoms with Crippen LogP contribution in [0.15, 0.2) is 24.5 Å². The second kappa shape index (κ2) is 7.85. The summed E-state index contributed by atoms with van der Waals surface area (Å²) in [6.07, 6.45) is 8.33. The number of carbonyl (C=O) groups excluding carboxylic acids is 1. The molecule has 1 aromatic heterocycles. The molecule has 88 valence electrons. The van der Waals surface area contributed by atoms with Gasteiger partial charge in [-0.15, -0.1) is 0 Å². The molecule has 1 heterocycles. The van der Waals surface area contributed by atoms with Crippen LogP contribution in [0.5, 0.6) is 0 Å². The number of rotatable bonds is 7. The Bertz CT molecular complexity index is 298. The lowest BCUT2D eigenvalue weighted by atomic mass is 10.1. The van der Waals surface area contributed by atoms with Crippen LogP contribution in [0.2, 0.25) is 0 Å². The van der Waals surface area contributed by atoms with Gasteiger partial charge in [0.2, 0.25) is 5.91 Å². The van der Waals surface area contributed by atoms with Crippen LogP contribution in [-0.4, -0.2) is 17.4 Å². The number of hydrogen-bond acceptors (Lipinski definition) is 2. The molecule has 1 N–H and O–H groups in total. The van der Waals surface area contributed by atoms with Crippen molar-refractivity contribution >= 4 is 5.91 Å². The average Bonchev–Trinajstić information content (AvgIpc) is 2.33. The fourth-order valence-electron chi connectivity index (χ4n) is 1.50. The summed E-state index contributed by atoms with van der Waals surface area (Å²) >= 11 is 0. The average molecular weight is 220 g/mol. The predicted molar refractivity (Wildman–Crippen MR) is 65.1 cm³/mol. The molecule has 0 unspecified atom stereocenters. The van der Waals surface area contributed by atoms with Crippen LogP contribution >= 0.6 is 0 Å². The van der Waals surface area contributed by atoms with Gasteiger partial charge in [0.05, 0.1) is 0 Å². The minimum atomic E-state index is 0.139. The number of nitrogens with one attached hydrogen (secondary N) is 1. The normalized spacial score (nSPS) is 10.1. The summed E-state index contributed by atoms with van der Waals surface area (Å²) < 4.78 is 0. The molecular weight excluding hydrogens is 200 g/mol. The molecule has 1 amide bonds. The van der Waals surface area contributed by atoms with Gasteiger partial charge in [0.15, 0.2) is 0 Å². The van der Waals surface area contributed by atoms with E-state index in [4.69, 9.17) is 0 Å². The molecule has 1 aromatic rings. The topological polar surface area (TPSA) is 42.0 Å². The molecule has 1 rings (SSSR count). The Morgan fingerprint density at radius 2 is 2.31 bits per heavy atom. The first kappa shape index (κ1) is 12.7. The summed E-state index contributed by atoms with van der Waals surface area (Å²) in [5, 5.41) is 2.93. The maximum absolute atomic E-state index is 11.4. The van der Waals surface area contributed by atoms with E-state index in [0.29, 0.717) is 6.42 Å². The van der Waals surface area contributed by atoms with Gasteiger partial charge >= 0.3 is 0 Å². The van der Waals surface area contributed by atoms with Crippen molar-refractivity contribution in [3.8, 4) is 0 Å². The minimum Gasteiger partial charge on any atom is -0.356 e. The van der Waals surface area contributed by atoms with Gasteiger partial charge in [-0.2, -0.15) is 0 Å². The molecule has 3 nitrogen and oxygen atoms in total. The van der Waals surface area contributed by atoms with E-state index in [2.05, 4.69) is 17.2 Å². The Kier molecular flexibility index (Phi) is 6.23. The van der Waals surface area contributed by atoms with E-state index in [1.165, 1.54) is 12.8 Å². The molecule has 0 bridgehead atoms. The third-order valence-electron chi connectivity index (χ3n) is 2.47. The lowest BCUT2D eigenvalue weighted by molar-refractivity contribution is -0.121. The maximum atomic E-state index is 11.4. The minimum absolute atomic E-state index is 0.139. The standard InChI is InChI=1S/C13H20N2O/c1-2-3-4-10-15-13(16)8-7-12-6-5-9-14-11-12/h5-6,9,11H,2-4,7-8,10H2,1H3,(H,15,16). The van der Waals surface area contributed by atoms with Gasteiger partial charge in [0, 0.05) is 25.4 Å². The van der Waals surface area contributed by atoms with Crippen LogP contribution in [0.1, 0.15) is 38.2 Å². The van der Waals surface area contributed by atoms with Crippen LogP contribution in [0.3, 0.4) is 0 Å². The largest absolute Gasteiger partial charge is 0.356 e. The molecule has 0 aliphatic rings. The van der Waals surface area contributed by atoms with Crippen molar-refractivity contribution in [3.05, 3.63) is 30.1 Å². The highest BCUT2D eigenvalue weighted by Crippen LogP contribution is 2.00. The zero-order valence-corrected chi connectivity index (χ0v) is 9.91. The molecule has 0 atom stereocenters. The number of nitrogens with zero attached hydrogens (tertiary/aromatic N) is 1. The van der Waals surface area contributed by atoms with Crippen LogP contribution in [0.4, 0.5) is 0 Å². The van der Waals surface area contributed by atoms with E-state index in [1.807, 2.05) is 18.3 Å². The van der Waals surface area contributed by atoms with E-state index >= 15 is 0 Å². The smallest absolute Gasteiger partial charge is 0.220 e. The Hall–Kier alpha value is -1.38. The second-order valence-electron chi connectivity index (χ2n) is 3.92. The van der Waals surface area contributed by atoms with E-state index in [9.17, 15) is 4.79 Å². The first-order valence-corrected chi connectivity index (χ1v) is 5.98. The SMILES string of the molecule is CCCCCNC(=O)CCc1cccnc1. The van der Waals surface area contributed by atoms with Gasteiger partial charge in [-0.25, -0.2) is 0 Å². The highest BCUT2D eigenvalue weighted by atomic mass is 16.1. The molecule has 0 aromatic carbocycles. The fourth-order valence-corrected chi connectivity index (χ4v) is 1.50. The van der Waals surface area contributed by atoms with Crippen LogP contribution in [-0.2, 0) is 11.2 Å². The van der Waals surface area contributed by atoms with Crippen molar-refractivity contribution in [2.24, 2.45) is 0 Å². The first-order valence-electron chi connectivity index (χ1n) is 5.98. The number of unbranched alkanes of at least 4 members (excludes halogenated alkanes) is 2. The van der Waals surface area contributed by atoms with E-state index in [1.54, 1.807) is 6.20 Å². The molecule has 16 heavy (non-hydrogen) atoms. The van der Waals surface area contributed by atoms with Gasteiger partial charge in [0.1, 0.15) is 0 Å². The number of carbonyl (C=O) groups is 1. The maximum Gasteiger partial charge on any atom is 0.220 e. The van der Waals surface area contributed by atoms with E-state index in [-0.39, 0.29) is 5.91 Å². The van der Waals surface area contributed by atoms with Crippen molar-refractivity contribution in [2.75, 3.05) is 6.54 Å². The van der Waals surface area contributed by atoms with Crippen LogP contribution in [0, 0.1) is 0 Å². The number of aromatic nitrogens is 1. The highest BCUT2D eigenvalue weighted by molar-refractivity contribution is 5.76. The van der Waals surface area contributed by atoms with Crippen LogP contribution in [0.25, 0.3) is 0 Å². The predicted octanol–water partition coefficient (Wildman–Crippen LogP) is 2.32. The Balaban J connectivity index is 2.11. The lowest BCUT2D eigenvalue weighted by Gasteiger charge is -2.04. The van der Waals surface area contributed by atoms with Crippen LogP contribution < -0.4 is 5.32 Å². The highest BCUT2D eigenvalue weighted by Gasteiger charge is 2.01. The lowest BCUT2D eigenvalue weighted by Crippen LogP contribution is -2.24. The van der Waals surface area contributed by atoms with Gasteiger partial charge < -0.3 is 5.32 Å². The molecule has 3 heteroatoms. The molecule has 0 saturated carbocycles. The summed E-state index contributed by atoms with van der Waals surface area (Å²) in [6.45, 7) is 2.96. The third kappa shape index (κ3) is 5.49. The summed E-state index contributed by atoms with van der Waals surface area (Å²) in [5.41, 5.74) is 1.12. The molecule has 0 saturated heterocycles. The first-order chi connectivity index (χ1) is 7.83. The molecule has 0 aliphatic carbocycles. The molecule has 0 radical (unpaired) electrons. The number of aryl methyl sites for hydroxylation is 1. The van der Waals surface area contributed by atoms with Gasteiger partial charge in [-0.05, 0) is 24.5 Å². The zero-order chi connectivity index (χ0) is 11.6. The molecule has 0 fully saturated rings. The monoisotopic (exact) mass is 220 g/mol. The van der Waals surface area contributed by atoms with Gasteiger partial charge in [0.25, 0.3) is 0 Å². The van der Waals surface area contributed by atoms with Crippen molar-refractivity contribution < 1.29 is 4.79 Å². The quantitative estimate of drug-likeness (QED) is 0.716. The summed E-state index contributed by atoms with van der Waals surface area (Å²) in [4.78, 5) is 15.5. The third-order valence-corrected chi connectivity index (χ3v) is 2.47. The molecule has 0 aliphatic heterocycles. The Morgan fingerprint density at radius 1 is 1.44 bits per heavy atom. The summed E-state index contributed by atoms with van der Waals surface area (Å²) in [5.74, 6) is 0.139. The van der Waals surface area contributed by atoms with Crippen molar-refractivity contribution in [3.63, 3.8) is 0 Å². The van der Waals surface area contributed by atoms with E-state index < -0.39 is 0 Å². The molecular formula is C13H20N2O. The Morgan fingerprint density at radius 3 is 3.00 bits per heavy atom. The van der Waals surface area contributed by atoms with Crippen molar-refractivity contribution in [1.82, 2.24) is 10.3 Å². The van der Waals surface area contributed by atoms with Crippen molar-refractivity contribution in [1.29, 1.82) is 0 Å². The number of pyridine rings is 1. The molecule has 0 spiro atoms. The van der Waals surface area contributed by atoms with Crippen molar-refractivity contribution in [2.45, 2.75) is 39.0 Å². The number of amides is 1. The van der Waals surface area contributed by atoms with Gasteiger partial charge in [-0.3, -0.25) is 9.78 Å². The zero-order valence-electron chi connectivity index (χ0n) is 9.91. The second-order valence-corrected chi connectivity index (χ2v) is 3.92. The Labute approximate surface area is 97.3 Å². The fraction of sp³-hybridized carbons (Fsp3) is 0.538. The summed E-state index contributed by atoms with van der Waals surface area (Å²) in [7, 11) is 0. The summed E-state index contributed by atoms with van der Waals surface area (Å²) in [6, 6.07) is 3.89. The van der Waals surface area contributed by atoms with Gasteiger partial charge in [-0.1, -0.05) is 25.8 Å². The number of hydrogen-bond donors (Lipinski definition) is 1. The van der Waals surface area contributed by atoms with E-state index in [0.717, 1.165) is 24.9 Å².